The minimum absolute atomic E-state index is 0.498. The van der Waals surface area contributed by atoms with Crippen LogP contribution in [0.1, 0.15) is 27.2 Å². The fourth-order valence-corrected chi connectivity index (χ4v) is 2.47. The molecule has 0 saturated heterocycles. The highest BCUT2D eigenvalue weighted by Crippen LogP contribution is 2.24. The second kappa shape index (κ2) is 4.12. The molecule has 5 heteroatoms. The molecule has 0 aliphatic rings. The normalized spacial score (nSPS) is 13.0. The number of aryl methyl sites for hydroxylation is 2. The van der Waals surface area contributed by atoms with Crippen LogP contribution >= 0.6 is 11.3 Å². The lowest BCUT2D eigenvalue weighted by Gasteiger charge is -2.06. The molecule has 0 amide bonds. The summed E-state index contributed by atoms with van der Waals surface area (Å²) in [5.41, 5.74) is 1.83. The van der Waals surface area contributed by atoms with Crippen molar-refractivity contribution in [2.45, 2.75) is 26.4 Å². The molecule has 0 bridgehead atoms. The highest BCUT2D eigenvalue weighted by Gasteiger charge is 2.13. The van der Waals surface area contributed by atoms with E-state index in [0.29, 0.717) is 6.42 Å². The van der Waals surface area contributed by atoms with Gasteiger partial charge in [-0.05, 0) is 13.8 Å². The quantitative estimate of drug-likeness (QED) is 0.833. The summed E-state index contributed by atoms with van der Waals surface area (Å²) in [7, 11) is 0. The van der Waals surface area contributed by atoms with Crippen molar-refractivity contribution in [3.63, 3.8) is 0 Å². The first-order valence-corrected chi connectivity index (χ1v) is 5.58. The zero-order valence-corrected chi connectivity index (χ0v) is 9.51. The monoisotopic (exact) mass is 223 g/mol. The number of aliphatic hydroxyl groups is 1. The van der Waals surface area contributed by atoms with Crippen LogP contribution in [0.5, 0.6) is 0 Å². The van der Waals surface area contributed by atoms with E-state index in [0.717, 1.165) is 21.1 Å². The van der Waals surface area contributed by atoms with Crippen LogP contribution in [0.25, 0.3) is 0 Å². The summed E-state index contributed by atoms with van der Waals surface area (Å²) in [6.07, 6.45) is 3.47. The maximum absolute atomic E-state index is 9.92. The lowest BCUT2D eigenvalue weighted by Crippen LogP contribution is -2.00. The van der Waals surface area contributed by atoms with Crippen LogP contribution in [0.15, 0.2) is 12.4 Å². The Kier molecular flexibility index (Phi) is 2.83. The van der Waals surface area contributed by atoms with Gasteiger partial charge in [-0.2, -0.15) is 5.10 Å². The second-order valence-corrected chi connectivity index (χ2v) is 4.78. The van der Waals surface area contributed by atoms with Crippen LogP contribution in [0.4, 0.5) is 0 Å². The summed E-state index contributed by atoms with van der Waals surface area (Å²) in [6, 6.07) is 0. The Morgan fingerprint density at radius 3 is 2.87 bits per heavy atom. The van der Waals surface area contributed by atoms with Gasteiger partial charge >= 0.3 is 0 Å². The van der Waals surface area contributed by atoms with Crippen molar-refractivity contribution >= 4 is 11.3 Å². The van der Waals surface area contributed by atoms with Crippen molar-refractivity contribution in [2.24, 2.45) is 0 Å². The van der Waals surface area contributed by atoms with E-state index in [2.05, 4.69) is 15.2 Å². The maximum atomic E-state index is 9.92. The second-order valence-electron chi connectivity index (χ2n) is 3.49. The van der Waals surface area contributed by atoms with Gasteiger partial charge in [0.25, 0.3) is 0 Å². The highest BCUT2D eigenvalue weighted by atomic mass is 32.1. The molecule has 2 N–H and O–H groups in total. The smallest absolute Gasteiger partial charge is 0.0900 e. The summed E-state index contributed by atoms with van der Waals surface area (Å²) in [4.78, 5) is 5.47. The molecular weight excluding hydrogens is 210 g/mol. The Morgan fingerprint density at radius 1 is 1.53 bits per heavy atom. The molecule has 15 heavy (non-hydrogen) atoms. The summed E-state index contributed by atoms with van der Waals surface area (Å²) in [5.74, 6) is 0. The Labute approximate surface area is 92.0 Å². The molecule has 2 heterocycles. The molecule has 0 spiro atoms. The number of aromatic nitrogens is 3. The lowest BCUT2D eigenvalue weighted by molar-refractivity contribution is 0.179. The summed E-state index contributed by atoms with van der Waals surface area (Å²) in [6.45, 7) is 3.95. The Hall–Kier alpha value is -1.20. The lowest BCUT2D eigenvalue weighted by atomic mass is 10.1. The van der Waals surface area contributed by atoms with E-state index in [1.54, 1.807) is 23.7 Å². The number of H-pyrrole nitrogens is 1. The number of rotatable bonds is 3. The molecule has 0 aromatic carbocycles. The molecule has 1 atom stereocenters. The molecule has 4 nitrogen and oxygen atoms in total. The highest BCUT2D eigenvalue weighted by molar-refractivity contribution is 7.11. The van der Waals surface area contributed by atoms with E-state index < -0.39 is 6.10 Å². The number of nitrogens with one attached hydrogen (secondary N) is 1. The number of aromatic amines is 1. The first-order chi connectivity index (χ1) is 7.16. The number of aliphatic hydroxyl groups excluding tert-OH is 1. The molecule has 1 unspecified atom stereocenters. The first kappa shape index (κ1) is 10.3. The SMILES string of the molecule is Cc1nc(C)c(CC(O)c2cn[nH]c2)s1. The Morgan fingerprint density at radius 2 is 2.33 bits per heavy atom. The predicted octanol–water partition coefficient (Wildman–Crippen LogP) is 1.76. The third-order valence-electron chi connectivity index (χ3n) is 2.28. The van der Waals surface area contributed by atoms with Crippen molar-refractivity contribution in [3.8, 4) is 0 Å². The zero-order chi connectivity index (χ0) is 10.8. The number of thiazole rings is 1. The Bertz CT molecular complexity index is 435. The fraction of sp³-hybridized carbons (Fsp3) is 0.400. The molecule has 0 fully saturated rings. The standard InChI is InChI=1S/C10H13N3OS/c1-6-10(15-7(2)13-6)3-9(14)8-4-11-12-5-8/h4-5,9,14H,3H2,1-2H3,(H,11,12). The Balaban J connectivity index is 2.12. The van der Waals surface area contributed by atoms with Gasteiger partial charge in [0.2, 0.25) is 0 Å². The van der Waals surface area contributed by atoms with Crippen LogP contribution < -0.4 is 0 Å². The van der Waals surface area contributed by atoms with E-state index >= 15 is 0 Å². The fourth-order valence-electron chi connectivity index (χ4n) is 1.50. The van der Waals surface area contributed by atoms with Gasteiger partial charge in [0.15, 0.2) is 0 Å². The van der Waals surface area contributed by atoms with Gasteiger partial charge in [-0.25, -0.2) is 4.98 Å². The number of hydrogen-bond acceptors (Lipinski definition) is 4. The van der Waals surface area contributed by atoms with E-state index in [1.165, 1.54) is 0 Å². The van der Waals surface area contributed by atoms with Gasteiger partial charge in [-0.15, -0.1) is 11.3 Å². The molecule has 0 saturated carbocycles. The predicted molar refractivity (Wildman–Crippen MR) is 58.8 cm³/mol. The molecule has 80 valence electrons. The molecule has 2 aromatic heterocycles. The van der Waals surface area contributed by atoms with E-state index in [4.69, 9.17) is 0 Å². The molecule has 2 aromatic rings. The van der Waals surface area contributed by atoms with Crippen molar-refractivity contribution in [3.05, 3.63) is 33.5 Å². The minimum Gasteiger partial charge on any atom is -0.388 e. The van der Waals surface area contributed by atoms with Crippen LogP contribution in [0.3, 0.4) is 0 Å². The summed E-state index contributed by atoms with van der Waals surface area (Å²) in [5, 5.41) is 17.5. The van der Waals surface area contributed by atoms with Crippen LogP contribution in [0, 0.1) is 13.8 Å². The zero-order valence-electron chi connectivity index (χ0n) is 8.69. The van der Waals surface area contributed by atoms with Gasteiger partial charge in [-0.3, -0.25) is 5.10 Å². The summed E-state index contributed by atoms with van der Waals surface area (Å²) < 4.78 is 0. The summed E-state index contributed by atoms with van der Waals surface area (Å²) >= 11 is 1.64. The van der Waals surface area contributed by atoms with Crippen LogP contribution in [-0.2, 0) is 6.42 Å². The first-order valence-electron chi connectivity index (χ1n) is 4.76. The van der Waals surface area contributed by atoms with E-state index in [-0.39, 0.29) is 0 Å². The van der Waals surface area contributed by atoms with Crippen molar-refractivity contribution in [1.29, 1.82) is 0 Å². The average molecular weight is 223 g/mol. The minimum atomic E-state index is -0.498. The van der Waals surface area contributed by atoms with Gasteiger partial charge < -0.3 is 5.11 Å². The van der Waals surface area contributed by atoms with Gasteiger partial charge in [0.1, 0.15) is 0 Å². The van der Waals surface area contributed by atoms with E-state index in [9.17, 15) is 5.11 Å². The molecule has 0 aliphatic carbocycles. The van der Waals surface area contributed by atoms with Gasteiger partial charge in [-0.1, -0.05) is 0 Å². The average Bonchev–Trinajstić information content (AvgIpc) is 2.76. The van der Waals surface area contributed by atoms with E-state index in [1.807, 2.05) is 13.8 Å². The van der Waals surface area contributed by atoms with Crippen LogP contribution in [0.2, 0.25) is 0 Å². The maximum Gasteiger partial charge on any atom is 0.0900 e. The van der Waals surface area contributed by atoms with Crippen LogP contribution in [-0.4, -0.2) is 20.3 Å². The molecule has 0 aliphatic heterocycles. The number of hydrogen-bond donors (Lipinski definition) is 2. The van der Waals surface area contributed by atoms with Gasteiger partial charge in [0, 0.05) is 23.1 Å². The van der Waals surface area contributed by atoms with Gasteiger partial charge in [0.05, 0.1) is 23.0 Å². The molecular formula is C10H13N3OS. The molecule has 2 rings (SSSR count). The third-order valence-corrected chi connectivity index (χ3v) is 3.38. The topological polar surface area (TPSA) is 61.8 Å². The largest absolute Gasteiger partial charge is 0.388 e. The van der Waals surface area contributed by atoms with Crippen molar-refractivity contribution < 1.29 is 5.11 Å². The third kappa shape index (κ3) is 2.24. The van der Waals surface area contributed by atoms with Crippen molar-refractivity contribution in [2.75, 3.05) is 0 Å². The molecule has 0 radical (unpaired) electrons. The van der Waals surface area contributed by atoms with Crippen molar-refractivity contribution in [1.82, 2.24) is 15.2 Å². The number of nitrogens with zero attached hydrogens (tertiary/aromatic N) is 2.